The molecule has 12 unspecified atom stereocenters. The van der Waals surface area contributed by atoms with Crippen molar-refractivity contribution < 1.29 is 68.7 Å². The summed E-state index contributed by atoms with van der Waals surface area (Å²) < 4.78 is 99.9. The SMILES string of the molecule is CC(=O)OCCC(F)(F)C(F)(F)S(=O)(=O)[O-].COC(=O)C12CCC(C)CC1(C)CCC1C2CCC2(C)C(C3=CC(=O)OC3)CCC12C.O=C1OC2CC3CC1C2C3. The molecule has 0 spiro atoms. The van der Waals surface area contributed by atoms with Gasteiger partial charge in [0.1, 0.15) is 12.7 Å². The lowest BCUT2D eigenvalue weighted by atomic mass is 9.36. The van der Waals surface area contributed by atoms with Crippen molar-refractivity contribution in [1.29, 1.82) is 0 Å². The topological polar surface area (TPSA) is 162 Å². The Balaban J connectivity index is 0.000000174. The highest BCUT2D eigenvalue weighted by molar-refractivity contribution is 7.86. The van der Waals surface area contributed by atoms with E-state index in [9.17, 15) is 49.7 Å². The summed E-state index contributed by atoms with van der Waals surface area (Å²) in [6.45, 7) is 9.96. The summed E-state index contributed by atoms with van der Waals surface area (Å²) in [7, 11) is -4.88. The Labute approximate surface area is 332 Å². The average Bonchev–Trinajstić information content (AvgIpc) is 3.91. The molecule has 12 atom stereocenters. The van der Waals surface area contributed by atoms with E-state index in [2.05, 4.69) is 32.4 Å². The Morgan fingerprint density at radius 3 is 2.18 bits per heavy atom. The van der Waals surface area contributed by atoms with Gasteiger partial charge in [-0.15, -0.1) is 0 Å². The van der Waals surface area contributed by atoms with Crippen molar-refractivity contribution >= 4 is 34.0 Å². The highest BCUT2D eigenvalue weighted by Crippen LogP contribution is 2.76. The Morgan fingerprint density at radius 2 is 1.61 bits per heavy atom. The zero-order valence-corrected chi connectivity index (χ0v) is 34.5. The van der Waals surface area contributed by atoms with E-state index >= 15 is 0 Å². The minimum Gasteiger partial charge on any atom is -0.743 e. The van der Waals surface area contributed by atoms with Gasteiger partial charge in [0, 0.05) is 18.9 Å². The first-order valence-corrected chi connectivity index (χ1v) is 21.8. The fraction of sp³-hybridized carbons (Fsp3) is 0.854. The molecule has 6 aliphatic carbocycles. The third-order valence-electron chi connectivity index (χ3n) is 16.3. The van der Waals surface area contributed by atoms with Crippen LogP contribution in [0.15, 0.2) is 11.6 Å². The lowest BCUT2D eigenvalue weighted by Gasteiger charge is -2.67. The molecule has 1 saturated heterocycles. The van der Waals surface area contributed by atoms with E-state index in [1.807, 2.05) is 0 Å². The number of carbonyl (C=O) groups excluding carboxylic acids is 4. The maximum atomic E-state index is 13.6. The van der Waals surface area contributed by atoms with Crippen LogP contribution >= 0.6 is 0 Å². The van der Waals surface area contributed by atoms with Gasteiger partial charge in [-0.05, 0) is 128 Å². The molecular weight excluding hydrogens is 776 g/mol. The molecule has 2 bridgehead atoms. The number of halogens is 4. The summed E-state index contributed by atoms with van der Waals surface area (Å²) >= 11 is 0. The van der Waals surface area contributed by atoms with Crippen LogP contribution in [0.3, 0.4) is 0 Å². The quantitative estimate of drug-likeness (QED) is 0.109. The predicted octanol–water partition coefficient (Wildman–Crippen LogP) is 7.37. The van der Waals surface area contributed by atoms with Crippen molar-refractivity contribution in [3.63, 3.8) is 0 Å². The van der Waals surface area contributed by atoms with Gasteiger partial charge in [0.2, 0.25) is 0 Å². The fourth-order valence-electron chi connectivity index (χ4n) is 13.4. The van der Waals surface area contributed by atoms with Gasteiger partial charge in [-0.3, -0.25) is 14.4 Å². The van der Waals surface area contributed by atoms with Crippen LogP contribution in [-0.4, -0.2) is 74.5 Å². The van der Waals surface area contributed by atoms with Gasteiger partial charge in [-0.2, -0.15) is 17.6 Å². The van der Waals surface area contributed by atoms with Gasteiger partial charge in [-0.1, -0.05) is 27.7 Å². The van der Waals surface area contributed by atoms with Crippen LogP contribution in [0.5, 0.6) is 0 Å². The van der Waals surface area contributed by atoms with Crippen LogP contribution in [0, 0.1) is 63.1 Å². The molecule has 0 radical (unpaired) electrons. The number of cyclic esters (lactones) is 1. The first-order chi connectivity index (χ1) is 26.4. The maximum absolute atomic E-state index is 13.6. The molecule has 0 amide bonds. The number of rotatable bonds is 7. The molecule has 7 fully saturated rings. The number of hydrogen-bond acceptors (Lipinski definition) is 11. The van der Waals surface area contributed by atoms with Crippen LogP contribution in [0.2, 0.25) is 0 Å². The standard InChI is InChI=1S/C27H40O4.C8H10O2.C6H8F4O5S/c1-17-6-13-27(23(29)30-5)21-9-12-25(3)19(18-14-22(28)31-16-18)8-11-26(25,4)20(21)7-10-24(27,2)15-17;9-8-6-2-4-1-5(6)7(3-4)10-8;1-4(11)15-3-2-5(7,8)6(9,10)16(12,13)14/h14,17,19-21H,6-13,15-16H2,1-5H3;4-7H,1-3H2;2-3H2,1H3,(H,12,13,14)/p-1. The van der Waals surface area contributed by atoms with E-state index in [4.69, 9.17) is 14.2 Å². The molecule has 6 saturated carbocycles. The number of ether oxygens (including phenoxy) is 4. The molecule has 0 aromatic carbocycles. The molecule has 0 N–H and O–H groups in total. The smallest absolute Gasteiger partial charge is 0.396 e. The summed E-state index contributed by atoms with van der Waals surface area (Å²) in [5, 5.41) is -5.74. The lowest BCUT2D eigenvalue weighted by Crippen LogP contribution is -2.64. The molecule has 8 rings (SSSR count). The summed E-state index contributed by atoms with van der Waals surface area (Å²) in [6, 6.07) is 0. The van der Waals surface area contributed by atoms with Crippen molar-refractivity contribution in [1.82, 2.24) is 0 Å². The second-order valence-corrected chi connectivity index (χ2v) is 20.4. The van der Waals surface area contributed by atoms with Crippen molar-refractivity contribution in [2.24, 2.45) is 63.1 Å². The number of hydrogen-bond donors (Lipinski definition) is 0. The molecule has 322 valence electrons. The van der Waals surface area contributed by atoms with Crippen LogP contribution in [-0.2, 0) is 48.2 Å². The molecule has 57 heavy (non-hydrogen) atoms. The second kappa shape index (κ2) is 15.1. The minimum absolute atomic E-state index is 0.0509. The first kappa shape index (κ1) is 43.8. The highest BCUT2D eigenvalue weighted by atomic mass is 32.2. The molecule has 2 aliphatic heterocycles. The summed E-state index contributed by atoms with van der Waals surface area (Å²) in [6.07, 6.45) is 14.1. The predicted molar refractivity (Wildman–Crippen MR) is 194 cm³/mol. The zero-order chi connectivity index (χ0) is 42.1. The van der Waals surface area contributed by atoms with Gasteiger partial charge in [0.05, 0.1) is 31.5 Å². The third kappa shape index (κ3) is 7.11. The number of fused-ring (bicyclic) bond motifs is 6. The van der Waals surface area contributed by atoms with Crippen molar-refractivity contribution in [3.8, 4) is 0 Å². The van der Waals surface area contributed by atoms with Gasteiger partial charge >= 0.3 is 35.1 Å². The van der Waals surface area contributed by atoms with E-state index in [0.717, 1.165) is 70.6 Å². The minimum atomic E-state index is -6.48. The number of carbonyl (C=O) groups is 4. The monoisotopic (exact) mass is 833 g/mol. The van der Waals surface area contributed by atoms with Gasteiger partial charge in [0.25, 0.3) is 0 Å². The van der Waals surface area contributed by atoms with E-state index in [-0.39, 0.29) is 39.6 Å². The fourth-order valence-corrected chi connectivity index (χ4v) is 13.9. The second-order valence-electron chi connectivity index (χ2n) is 19.0. The van der Waals surface area contributed by atoms with Crippen molar-refractivity contribution in [2.75, 3.05) is 20.3 Å². The number of esters is 4. The molecule has 0 aromatic rings. The maximum Gasteiger partial charge on any atom is 0.396 e. The van der Waals surface area contributed by atoms with Crippen LogP contribution < -0.4 is 0 Å². The van der Waals surface area contributed by atoms with Crippen LogP contribution in [0.25, 0.3) is 0 Å². The normalized spacial score (nSPS) is 41.5. The molecule has 2 heterocycles. The zero-order valence-electron chi connectivity index (χ0n) is 33.7. The van der Waals surface area contributed by atoms with E-state index < -0.39 is 40.3 Å². The van der Waals surface area contributed by atoms with E-state index in [1.165, 1.54) is 24.8 Å². The van der Waals surface area contributed by atoms with Crippen molar-refractivity contribution in [3.05, 3.63) is 11.6 Å². The van der Waals surface area contributed by atoms with E-state index in [1.54, 1.807) is 13.2 Å². The largest absolute Gasteiger partial charge is 0.743 e. The molecule has 11 nitrogen and oxygen atoms in total. The van der Waals surface area contributed by atoms with Crippen molar-refractivity contribution in [2.45, 2.75) is 135 Å². The van der Waals surface area contributed by atoms with Crippen LogP contribution in [0.1, 0.15) is 118 Å². The number of alkyl halides is 4. The van der Waals surface area contributed by atoms with Gasteiger partial charge in [0.15, 0.2) is 10.1 Å². The molecular formula is C41H57F4O11S-. The number of methoxy groups -OCH3 is 1. The Hall–Kier alpha value is -2.75. The Morgan fingerprint density at radius 1 is 0.947 bits per heavy atom. The lowest BCUT2D eigenvalue weighted by molar-refractivity contribution is -0.215. The summed E-state index contributed by atoms with van der Waals surface area (Å²) in [5.74, 6) is -2.26. The van der Waals surface area contributed by atoms with Gasteiger partial charge in [-0.25, -0.2) is 13.2 Å². The van der Waals surface area contributed by atoms with Crippen LogP contribution in [0.4, 0.5) is 17.6 Å². The Bertz CT molecular complexity index is 1770. The highest BCUT2D eigenvalue weighted by Gasteiger charge is 2.71. The van der Waals surface area contributed by atoms with E-state index in [0.29, 0.717) is 48.2 Å². The first-order valence-electron chi connectivity index (χ1n) is 20.4. The summed E-state index contributed by atoms with van der Waals surface area (Å²) in [4.78, 5) is 46.6. The third-order valence-corrected chi connectivity index (χ3v) is 17.2. The van der Waals surface area contributed by atoms with Gasteiger partial charge < -0.3 is 23.5 Å². The molecule has 0 aromatic heterocycles. The molecule has 16 heteroatoms. The average molecular weight is 834 g/mol. The Kier molecular flexibility index (Phi) is 11.6. The molecule has 8 aliphatic rings. The summed E-state index contributed by atoms with van der Waals surface area (Å²) in [5.41, 5.74) is 1.30.